The number of hydrogen-bond donors (Lipinski definition) is 2. The van der Waals surface area contributed by atoms with E-state index in [9.17, 15) is 9.59 Å². The van der Waals surface area contributed by atoms with Gasteiger partial charge in [0.05, 0.1) is 18.4 Å². The number of nitrogens with two attached hydrogens (primary N) is 1. The van der Waals surface area contributed by atoms with Crippen LogP contribution in [0, 0.1) is 0 Å². The Balaban J connectivity index is 1.56. The predicted octanol–water partition coefficient (Wildman–Crippen LogP) is 3.62. The number of piperidine rings is 1. The number of rotatable bonds is 4. The van der Waals surface area contributed by atoms with Gasteiger partial charge in [-0.1, -0.05) is 17.7 Å². The van der Waals surface area contributed by atoms with E-state index in [2.05, 4.69) is 21.6 Å². The largest absolute Gasteiger partial charge is 0.465 e. The number of amides is 1. The van der Waals surface area contributed by atoms with Crippen molar-refractivity contribution in [1.82, 2.24) is 10.2 Å². The molecule has 3 N–H and O–H groups in total. The molecule has 0 unspecified atom stereocenters. The molecule has 0 spiro atoms. The second kappa shape index (κ2) is 8.16. The average molecular weight is 426 g/mol. The van der Waals surface area contributed by atoms with Crippen molar-refractivity contribution in [2.75, 3.05) is 17.3 Å². The van der Waals surface area contributed by atoms with Gasteiger partial charge in [-0.05, 0) is 49.6 Å². The highest BCUT2D eigenvalue weighted by atomic mass is 35.5. The van der Waals surface area contributed by atoms with Gasteiger partial charge in [0.2, 0.25) is 0 Å². The lowest BCUT2D eigenvalue weighted by Gasteiger charge is -2.36. The molecule has 8 nitrogen and oxygen atoms in total. The predicted molar refractivity (Wildman–Crippen MR) is 113 cm³/mol. The molecule has 1 fully saturated rings. The van der Waals surface area contributed by atoms with Gasteiger partial charge >= 0.3 is 5.97 Å². The minimum atomic E-state index is -0.584. The van der Waals surface area contributed by atoms with Crippen LogP contribution in [0.15, 0.2) is 53.5 Å². The molecule has 2 aromatic rings. The lowest BCUT2D eigenvalue weighted by Crippen LogP contribution is -2.32. The molecule has 1 saturated heterocycles. The molecule has 1 aromatic carbocycles. The number of halogens is 1. The van der Waals surface area contributed by atoms with Gasteiger partial charge < -0.3 is 15.8 Å². The van der Waals surface area contributed by atoms with Gasteiger partial charge in [0.25, 0.3) is 5.91 Å². The number of nitrogens with zero attached hydrogens (tertiary/aromatic N) is 3. The monoisotopic (exact) mass is 425 g/mol. The number of hydrogen-bond acceptors (Lipinski definition) is 7. The molecule has 30 heavy (non-hydrogen) atoms. The van der Waals surface area contributed by atoms with Crippen LogP contribution in [0.4, 0.5) is 11.5 Å². The van der Waals surface area contributed by atoms with Crippen LogP contribution in [0.25, 0.3) is 0 Å². The molecule has 2 aliphatic heterocycles. The quantitative estimate of drug-likeness (QED) is 0.719. The summed E-state index contributed by atoms with van der Waals surface area (Å²) in [7, 11) is 1.26. The van der Waals surface area contributed by atoms with E-state index in [1.165, 1.54) is 19.2 Å². The maximum absolute atomic E-state index is 12.7. The van der Waals surface area contributed by atoms with Crippen LogP contribution < -0.4 is 16.0 Å². The molecule has 1 amide bonds. The molecule has 0 atom stereocenters. The smallest absolute Gasteiger partial charge is 0.339 e. The highest BCUT2D eigenvalue weighted by molar-refractivity contribution is 6.31. The second-order valence-corrected chi connectivity index (χ2v) is 7.41. The molecule has 154 valence electrons. The van der Waals surface area contributed by atoms with Crippen molar-refractivity contribution in [3.05, 3.63) is 69.8 Å². The van der Waals surface area contributed by atoms with Gasteiger partial charge in [-0.25, -0.2) is 4.79 Å². The Labute approximate surface area is 178 Å². The summed E-state index contributed by atoms with van der Waals surface area (Å²) in [5.74, 6) is -0.481. The number of fused-ring (bicyclic) bond motifs is 2. The lowest BCUT2D eigenvalue weighted by molar-refractivity contribution is 0.0602. The highest BCUT2D eigenvalue weighted by Gasteiger charge is 2.28. The molecule has 0 radical (unpaired) electrons. The fourth-order valence-electron chi connectivity index (χ4n) is 3.62. The summed E-state index contributed by atoms with van der Waals surface area (Å²) in [6, 6.07) is 7.83. The SMILES string of the molecule is COC(=O)c1ccc(Cl)cc1NC(=O)c1ccc(N2C3=CCC(N)=C2CCC3)nn1. The number of nitrogens with one attached hydrogen (secondary N) is 1. The summed E-state index contributed by atoms with van der Waals surface area (Å²) < 4.78 is 4.75. The lowest BCUT2D eigenvalue weighted by atomic mass is 9.96. The Morgan fingerprint density at radius 1 is 1.20 bits per heavy atom. The van der Waals surface area contributed by atoms with Crippen LogP contribution in [0.1, 0.15) is 46.5 Å². The first kappa shape index (κ1) is 19.9. The fraction of sp³-hybridized carbons (Fsp3) is 0.238. The summed E-state index contributed by atoms with van der Waals surface area (Å²) in [6.45, 7) is 0. The number of anilines is 2. The van der Waals surface area contributed by atoms with E-state index in [0.717, 1.165) is 42.8 Å². The number of ether oxygens (including phenoxy) is 1. The van der Waals surface area contributed by atoms with E-state index in [1.54, 1.807) is 18.2 Å². The third kappa shape index (κ3) is 3.73. The molecular formula is C21H20ClN5O3. The Bertz CT molecular complexity index is 1080. The highest BCUT2D eigenvalue weighted by Crippen LogP contribution is 2.37. The normalized spacial score (nSPS) is 15.5. The standard InChI is InChI=1S/C21H20ClN5O3/c1-30-21(29)14-7-5-12(22)11-17(14)24-20(28)16-9-10-19(26-25-16)27-13-3-2-4-18(27)15(23)8-6-13/h5-7,9-11H,2-4,8,23H2,1H3,(H,24,28). The first-order chi connectivity index (χ1) is 14.5. The Morgan fingerprint density at radius 2 is 2.03 bits per heavy atom. The van der Waals surface area contributed by atoms with Gasteiger partial charge in [0.15, 0.2) is 11.5 Å². The molecular weight excluding hydrogens is 406 g/mol. The summed E-state index contributed by atoms with van der Waals surface area (Å²) in [5.41, 5.74) is 9.73. The third-order valence-electron chi connectivity index (χ3n) is 5.08. The Hall–Kier alpha value is -3.39. The van der Waals surface area contributed by atoms with Crippen molar-refractivity contribution in [2.45, 2.75) is 25.7 Å². The first-order valence-corrected chi connectivity index (χ1v) is 9.85. The van der Waals surface area contributed by atoms with Crippen LogP contribution in [-0.4, -0.2) is 29.2 Å². The van der Waals surface area contributed by atoms with Crippen LogP contribution in [0.2, 0.25) is 5.02 Å². The second-order valence-electron chi connectivity index (χ2n) is 6.97. The summed E-state index contributed by atoms with van der Waals surface area (Å²) in [4.78, 5) is 26.6. The van der Waals surface area contributed by atoms with Crippen LogP contribution in [-0.2, 0) is 4.74 Å². The van der Waals surface area contributed by atoms with Crippen molar-refractivity contribution >= 4 is 35.0 Å². The van der Waals surface area contributed by atoms with Crippen molar-refractivity contribution < 1.29 is 14.3 Å². The summed E-state index contributed by atoms with van der Waals surface area (Å²) in [6.07, 6.45) is 5.74. The van der Waals surface area contributed by atoms with Gasteiger partial charge in [-0.15, -0.1) is 10.2 Å². The number of allylic oxidation sites excluding steroid dienone is 3. The molecule has 2 aliphatic rings. The number of methoxy groups -OCH3 is 1. The van der Waals surface area contributed by atoms with Gasteiger partial charge in [0, 0.05) is 28.5 Å². The van der Waals surface area contributed by atoms with Gasteiger partial charge in [-0.3, -0.25) is 9.69 Å². The van der Waals surface area contributed by atoms with Crippen molar-refractivity contribution in [3.63, 3.8) is 0 Å². The number of esters is 1. The van der Waals surface area contributed by atoms with E-state index < -0.39 is 11.9 Å². The van der Waals surface area contributed by atoms with E-state index >= 15 is 0 Å². The Morgan fingerprint density at radius 3 is 2.77 bits per heavy atom. The molecule has 4 rings (SSSR count). The van der Waals surface area contributed by atoms with Crippen molar-refractivity contribution in [3.8, 4) is 0 Å². The van der Waals surface area contributed by atoms with E-state index in [1.807, 2.05) is 4.90 Å². The molecule has 2 bridgehead atoms. The number of carbonyl (C=O) groups excluding carboxylic acids is 2. The summed E-state index contributed by atoms with van der Waals surface area (Å²) in [5, 5.41) is 11.3. The Kier molecular flexibility index (Phi) is 5.41. The van der Waals surface area contributed by atoms with Crippen LogP contribution in [0.5, 0.6) is 0 Å². The van der Waals surface area contributed by atoms with Gasteiger partial charge in [0.1, 0.15) is 0 Å². The number of carbonyl (C=O) groups is 2. The molecule has 0 saturated carbocycles. The fourth-order valence-corrected chi connectivity index (χ4v) is 3.79. The van der Waals surface area contributed by atoms with Crippen LogP contribution >= 0.6 is 11.6 Å². The maximum atomic E-state index is 12.7. The average Bonchev–Trinajstić information content (AvgIpc) is 2.76. The maximum Gasteiger partial charge on any atom is 0.339 e. The number of benzene rings is 1. The zero-order valence-corrected chi connectivity index (χ0v) is 17.1. The number of aromatic nitrogens is 2. The van der Waals surface area contributed by atoms with Crippen LogP contribution in [0.3, 0.4) is 0 Å². The topological polar surface area (TPSA) is 110 Å². The molecule has 9 heteroatoms. The zero-order valence-electron chi connectivity index (χ0n) is 16.3. The van der Waals surface area contributed by atoms with E-state index in [-0.39, 0.29) is 16.9 Å². The minimum Gasteiger partial charge on any atom is -0.465 e. The van der Waals surface area contributed by atoms with Crippen molar-refractivity contribution in [2.24, 2.45) is 5.73 Å². The zero-order chi connectivity index (χ0) is 21.3. The first-order valence-electron chi connectivity index (χ1n) is 9.47. The van der Waals surface area contributed by atoms with E-state index in [0.29, 0.717) is 10.8 Å². The molecule has 3 heterocycles. The van der Waals surface area contributed by atoms with Gasteiger partial charge in [-0.2, -0.15) is 0 Å². The molecule has 0 aliphatic carbocycles. The van der Waals surface area contributed by atoms with E-state index in [4.69, 9.17) is 22.1 Å². The molecule has 1 aromatic heterocycles. The third-order valence-corrected chi connectivity index (χ3v) is 5.31. The minimum absolute atomic E-state index is 0.104. The summed E-state index contributed by atoms with van der Waals surface area (Å²) >= 11 is 6.00. The van der Waals surface area contributed by atoms with Crippen molar-refractivity contribution in [1.29, 1.82) is 0 Å².